The standard InChI is InChI=1S/C20H19N5O2/c21-8-13-1-2-14-6-17(7-15(14)5-13)24-19-22-9-16(10-23-19)18(26)25-4-3-20(25)11-27-12-20/h1-2,5,9-10,17H,3-4,6-7,11-12H2,(H,22,23,24). The van der Waals surface area contributed by atoms with E-state index in [-0.39, 0.29) is 17.5 Å². The van der Waals surface area contributed by atoms with Crippen molar-refractivity contribution in [2.45, 2.75) is 30.8 Å². The average Bonchev–Trinajstić information content (AvgIpc) is 3.01. The fourth-order valence-corrected chi connectivity index (χ4v) is 4.14. The van der Waals surface area contributed by atoms with E-state index in [1.807, 2.05) is 23.1 Å². The van der Waals surface area contributed by atoms with Gasteiger partial charge in [-0.2, -0.15) is 5.26 Å². The molecule has 2 aliphatic heterocycles. The molecule has 2 fully saturated rings. The summed E-state index contributed by atoms with van der Waals surface area (Å²) >= 11 is 0. The Morgan fingerprint density at radius 3 is 2.67 bits per heavy atom. The van der Waals surface area contributed by atoms with Crippen molar-refractivity contribution in [3.05, 3.63) is 52.8 Å². The first kappa shape index (κ1) is 16.2. The maximum absolute atomic E-state index is 12.6. The second-order valence-electron chi connectivity index (χ2n) is 7.56. The van der Waals surface area contributed by atoms with Crippen LogP contribution in [0.3, 0.4) is 0 Å². The number of likely N-dealkylation sites (tertiary alicyclic amines) is 1. The van der Waals surface area contributed by atoms with Gasteiger partial charge in [0.2, 0.25) is 5.95 Å². The first-order valence-corrected chi connectivity index (χ1v) is 9.17. The third-order valence-corrected chi connectivity index (χ3v) is 5.86. The van der Waals surface area contributed by atoms with Crippen molar-refractivity contribution in [2.75, 3.05) is 25.1 Å². The number of anilines is 1. The fourth-order valence-electron chi connectivity index (χ4n) is 4.14. The molecule has 7 nitrogen and oxygen atoms in total. The van der Waals surface area contributed by atoms with E-state index >= 15 is 0 Å². The molecule has 1 aromatic heterocycles. The summed E-state index contributed by atoms with van der Waals surface area (Å²) in [6, 6.07) is 8.20. The molecule has 5 rings (SSSR count). The van der Waals surface area contributed by atoms with Crippen LogP contribution < -0.4 is 5.32 Å². The van der Waals surface area contributed by atoms with Crippen molar-refractivity contribution < 1.29 is 9.53 Å². The number of nitrogens with zero attached hydrogens (tertiary/aromatic N) is 4. The molecular formula is C20H19N5O2. The van der Waals surface area contributed by atoms with Gasteiger partial charge < -0.3 is 15.0 Å². The van der Waals surface area contributed by atoms with Crippen LogP contribution in [0.15, 0.2) is 30.6 Å². The van der Waals surface area contributed by atoms with Crippen LogP contribution in [0, 0.1) is 11.3 Å². The molecule has 1 spiro atoms. The van der Waals surface area contributed by atoms with Crippen LogP contribution in [0.25, 0.3) is 0 Å². The summed E-state index contributed by atoms with van der Waals surface area (Å²) < 4.78 is 5.28. The minimum absolute atomic E-state index is 0.0200. The Labute approximate surface area is 157 Å². The molecule has 136 valence electrons. The average molecular weight is 361 g/mol. The predicted molar refractivity (Wildman–Crippen MR) is 97.2 cm³/mol. The van der Waals surface area contributed by atoms with Crippen LogP contribution in [-0.2, 0) is 17.6 Å². The van der Waals surface area contributed by atoms with Crippen molar-refractivity contribution in [1.29, 1.82) is 5.26 Å². The molecule has 1 atom stereocenters. The minimum atomic E-state index is -0.0775. The van der Waals surface area contributed by atoms with Crippen LogP contribution in [0.4, 0.5) is 5.95 Å². The van der Waals surface area contributed by atoms with Gasteiger partial charge in [0, 0.05) is 25.0 Å². The summed E-state index contributed by atoms with van der Waals surface area (Å²) in [6.07, 6.45) is 5.92. The molecule has 7 heteroatoms. The monoisotopic (exact) mass is 361 g/mol. The summed E-state index contributed by atoms with van der Waals surface area (Å²) in [5.74, 6) is 0.503. The van der Waals surface area contributed by atoms with E-state index in [0.717, 1.165) is 25.8 Å². The van der Waals surface area contributed by atoms with E-state index < -0.39 is 0 Å². The van der Waals surface area contributed by atoms with Gasteiger partial charge in [-0.15, -0.1) is 0 Å². The van der Waals surface area contributed by atoms with E-state index in [1.165, 1.54) is 11.1 Å². The fraction of sp³-hybridized carbons (Fsp3) is 0.400. The van der Waals surface area contributed by atoms with Crippen molar-refractivity contribution >= 4 is 11.9 Å². The maximum atomic E-state index is 12.6. The van der Waals surface area contributed by atoms with Gasteiger partial charge in [0.25, 0.3) is 5.91 Å². The highest BCUT2D eigenvalue weighted by Gasteiger charge is 2.53. The Kier molecular flexibility index (Phi) is 3.62. The predicted octanol–water partition coefficient (Wildman–Crippen LogP) is 1.54. The first-order valence-electron chi connectivity index (χ1n) is 9.17. The van der Waals surface area contributed by atoms with E-state index in [9.17, 15) is 4.79 Å². The van der Waals surface area contributed by atoms with Crippen molar-refractivity contribution in [1.82, 2.24) is 14.9 Å². The quantitative estimate of drug-likeness (QED) is 0.892. The Balaban J connectivity index is 1.24. The lowest BCUT2D eigenvalue weighted by Gasteiger charge is -2.57. The number of carbonyl (C=O) groups is 1. The molecular weight excluding hydrogens is 342 g/mol. The molecule has 1 aliphatic carbocycles. The molecule has 3 heterocycles. The van der Waals surface area contributed by atoms with Crippen molar-refractivity contribution in [3.63, 3.8) is 0 Å². The number of nitrogens with one attached hydrogen (secondary N) is 1. The second kappa shape index (κ2) is 6.03. The number of hydrogen-bond donors (Lipinski definition) is 1. The maximum Gasteiger partial charge on any atom is 0.257 e. The Hall–Kier alpha value is -2.98. The summed E-state index contributed by atoms with van der Waals surface area (Å²) in [5.41, 5.74) is 3.58. The van der Waals surface area contributed by atoms with Crippen LogP contribution >= 0.6 is 0 Å². The summed E-state index contributed by atoms with van der Waals surface area (Å²) in [4.78, 5) is 23.2. The number of carbonyl (C=O) groups excluding carboxylic acids is 1. The summed E-state index contributed by atoms with van der Waals surface area (Å²) in [7, 11) is 0. The molecule has 2 aromatic rings. The Morgan fingerprint density at radius 2 is 2.04 bits per heavy atom. The summed E-state index contributed by atoms with van der Waals surface area (Å²) in [6.45, 7) is 2.04. The van der Waals surface area contributed by atoms with Crippen LogP contribution in [0.5, 0.6) is 0 Å². The molecule has 0 saturated carbocycles. The minimum Gasteiger partial charge on any atom is -0.376 e. The molecule has 0 radical (unpaired) electrons. The van der Waals surface area contributed by atoms with Crippen molar-refractivity contribution in [3.8, 4) is 6.07 Å². The lowest BCUT2D eigenvalue weighted by molar-refractivity contribution is -0.172. The zero-order valence-corrected chi connectivity index (χ0v) is 14.8. The van der Waals surface area contributed by atoms with Gasteiger partial charge in [-0.3, -0.25) is 4.79 Å². The lowest BCUT2D eigenvalue weighted by atomic mass is 9.82. The smallest absolute Gasteiger partial charge is 0.257 e. The molecule has 1 N–H and O–H groups in total. The highest BCUT2D eigenvalue weighted by Crippen LogP contribution is 2.38. The number of amides is 1. The van der Waals surface area contributed by atoms with E-state index in [2.05, 4.69) is 21.4 Å². The zero-order valence-electron chi connectivity index (χ0n) is 14.8. The number of rotatable bonds is 3. The van der Waals surface area contributed by atoms with Gasteiger partial charge in [-0.25, -0.2) is 9.97 Å². The van der Waals surface area contributed by atoms with Gasteiger partial charge in [0.1, 0.15) is 0 Å². The van der Waals surface area contributed by atoms with Gasteiger partial charge >= 0.3 is 0 Å². The highest BCUT2D eigenvalue weighted by atomic mass is 16.5. The lowest BCUT2D eigenvalue weighted by Crippen LogP contribution is -2.72. The Morgan fingerprint density at radius 1 is 1.26 bits per heavy atom. The van der Waals surface area contributed by atoms with E-state index in [4.69, 9.17) is 10.00 Å². The third kappa shape index (κ3) is 2.64. The molecule has 1 aromatic carbocycles. The molecule has 3 aliphatic rings. The van der Waals surface area contributed by atoms with Crippen molar-refractivity contribution in [2.24, 2.45) is 0 Å². The highest BCUT2D eigenvalue weighted by molar-refractivity contribution is 5.95. The normalized spacial score (nSPS) is 21.7. The second-order valence-corrected chi connectivity index (χ2v) is 7.56. The van der Waals surface area contributed by atoms with Gasteiger partial charge in [0.15, 0.2) is 0 Å². The molecule has 1 amide bonds. The number of aromatic nitrogens is 2. The third-order valence-electron chi connectivity index (χ3n) is 5.86. The Bertz CT molecular complexity index is 940. The molecule has 0 bridgehead atoms. The SMILES string of the molecule is N#Cc1ccc2c(c1)CC(Nc1ncc(C(=O)N3CCC34COC4)cn1)C2. The number of fused-ring (bicyclic) bond motifs is 1. The number of hydrogen-bond acceptors (Lipinski definition) is 6. The van der Waals surface area contributed by atoms with Gasteiger partial charge in [0.05, 0.1) is 35.9 Å². The van der Waals surface area contributed by atoms with Crippen LogP contribution in [0.2, 0.25) is 0 Å². The van der Waals surface area contributed by atoms with Gasteiger partial charge in [-0.05, 0) is 42.5 Å². The topological polar surface area (TPSA) is 91.1 Å². The van der Waals surface area contributed by atoms with Crippen LogP contribution in [-0.4, -0.2) is 52.1 Å². The number of benzene rings is 1. The largest absolute Gasteiger partial charge is 0.376 e. The van der Waals surface area contributed by atoms with Crippen LogP contribution in [0.1, 0.15) is 33.5 Å². The number of ether oxygens (including phenoxy) is 1. The molecule has 2 saturated heterocycles. The van der Waals surface area contributed by atoms with E-state index in [1.54, 1.807) is 12.4 Å². The molecule has 27 heavy (non-hydrogen) atoms. The summed E-state index contributed by atoms with van der Waals surface area (Å²) in [5, 5.41) is 12.4. The first-order chi connectivity index (χ1) is 13.2. The van der Waals surface area contributed by atoms with E-state index in [0.29, 0.717) is 30.3 Å². The zero-order chi connectivity index (χ0) is 18.4. The molecule has 1 unspecified atom stereocenters. The number of nitriles is 1. The van der Waals surface area contributed by atoms with Gasteiger partial charge in [-0.1, -0.05) is 6.07 Å².